The predicted octanol–water partition coefficient (Wildman–Crippen LogP) is 1.38. The quantitative estimate of drug-likeness (QED) is 0.729. The van der Waals surface area contributed by atoms with Crippen LogP contribution in [0.3, 0.4) is 0 Å². The van der Waals surface area contributed by atoms with Crippen molar-refractivity contribution in [2.45, 2.75) is 64.0 Å². The molecule has 98 valence electrons. The summed E-state index contributed by atoms with van der Waals surface area (Å²) in [6.45, 7) is 8.46. The van der Waals surface area contributed by atoms with Crippen LogP contribution in [0.25, 0.3) is 0 Å². The van der Waals surface area contributed by atoms with Gasteiger partial charge in [0.05, 0.1) is 12.1 Å². The molecule has 0 spiro atoms. The van der Waals surface area contributed by atoms with Crippen molar-refractivity contribution < 1.29 is 14.3 Å². The van der Waals surface area contributed by atoms with Gasteiger partial charge < -0.3 is 14.8 Å². The summed E-state index contributed by atoms with van der Waals surface area (Å²) in [6, 6.07) is 0.199. The van der Waals surface area contributed by atoms with E-state index in [4.69, 9.17) is 9.47 Å². The fourth-order valence-corrected chi connectivity index (χ4v) is 2.58. The normalized spacial score (nSPS) is 36.7. The fraction of sp³-hybridized carbons (Fsp3) is 0.917. The summed E-state index contributed by atoms with van der Waals surface area (Å²) in [6.07, 6.45) is 1.49. The Labute approximate surface area is 102 Å². The van der Waals surface area contributed by atoms with Gasteiger partial charge in [0.15, 0.2) is 5.72 Å². The highest BCUT2D eigenvalue weighted by molar-refractivity contribution is 5.68. The summed E-state index contributed by atoms with van der Waals surface area (Å²) < 4.78 is 11.2. The number of fused-ring (bicyclic) bond motifs is 1. The summed E-state index contributed by atoms with van der Waals surface area (Å²) in [5, 5.41) is 6.26. The van der Waals surface area contributed by atoms with Crippen LogP contribution >= 0.6 is 0 Å². The zero-order valence-electron chi connectivity index (χ0n) is 11.0. The minimum absolute atomic E-state index is 0.169. The van der Waals surface area contributed by atoms with Gasteiger partial charge in [0, 0.05) is 13.0 Å². The molecule has 17 heavy (non-hydrogen) atoms. The third kappa shape index (κ3) is 2.72. The Hall–Kier alpha value is -0.810. The van der Waals surface area contributed by atoms with E-state index in [-0.39, 0.29) is 12.1 Å². The van der Waals surface area contributed by atoms with Crippen molar-refractivity contribution in [2.24, 2.45) is 0 Å². The fourth-order valence-electron chi connectivity index (χ4n) is 2.58. The predicted molar refractivity (Wildman–Crippen MR) is 63.7 cm³/mol. The lowest BCUT2D eigenvalue weighted by molar-refractivity contribution is -0.0604. The highest BCUT2D eigenvalue weighted by atomic mass is 16.6. The molecule has 3 atom stereocenters. The highest BCUT2D eigenvalue weighted by Gasteiger charge is 2.52. The van der Waals surface area contributed by atoms with Gasteiger partial charge in [0.25, 0.3) is 0 Å². The molecule has 0 bridgehead atoms. The van der Waals surface area contributed by atoms with Crippen LogP contribution in [0.5, 0.6) is 0 Å². The minimum Gasteiger partial charge on any atom is -0.444 e. The Morgan fingerprint density at radius 3 is 2.88 bits per heavy atom. The monoisotopic (exact) mass is 242 g/mol. The van der Waals surface area contributed by atoms with Crippen LogP contribution in [0.1, 0.15) is 40.5 Å². The number of amides is 1. The molecular formula is C12H22N2O3. The lowest BCUT2D eigenvalue weighted by atomic mass is 10.0. The first-order valence-electron chi connectivity index (χ1n) is 6.23. The molecule has 0 aromatic rings. The number of hydrogen-bond acceptors (Lipinski definition) is 4. The summed E-state index contributed by atoms with van der Waals surface area (Å²) in [4.78, 5) is 11.8. The van der Waals surface area contributed by atoms with E-state index in [0.29, 0.717) is 0 Å². The average molecular weight is 242 g/mol. The SMILES string of the molecule is CC1CC2NCCC2(NC(=O)OC(C)(C)C)O1. The van der Waals surface area contributed by atoms with Crippen LogP contribution < -0.4 is 10.6 Å². The Bertz CT molecular complexity index is 313. The minimum atomic E-state index is -0.568. The number of alkyl carbamates (subject to hydrolysis) is 1. The van der Waals surface area contributed by atoms with Gasteiger partial charge in [-0.1, -0.05) is 0 Å². The van der Waals surface area contributed by atoms with Gasteiger partial charge in [0.2, 0.25) is 0 Å². The zero-order valence-corrected chi connectivity index (χ0v) is 11.0. The van der Waals surface area contributed by atoms with Crippen molar-refractivity contribution >= 4 is 6.09 Å². The number of rotatable bonds is 1. The van der Waals surface area contributed by atoms with Crippen LogP contribution in [0.4, 0.5) is 4.79 Å². The standard InChI is InChI=1S/C12H22N2O3/c1-8-7-9-12(16-8,5-6-13-9)14-10(15)17-11(2,3)4/h8-9,13H,5-7H2,1-4H3,(H,14,15). The smallest absolute Gasteiger partial charge is 0.409 e. The molecule has 2 saturated heterocycles. The van der Waals surface area contributed by atoms with E-state index in [2.05, 4.69) is 10.6 Å². The van der Waals surface area contributed by atoms with Gasteiger partial charge in [-0.05, 0) is 34.1 Å². The van der Waals surface area contributed by atoms with Gasteiger partial charge in [-0.3, -0.25) is 5.32 Å². The third-order valence-electron chi connectivity index (χ3n) is 3.14. The van der Waals surface area contributed by atoms with E-state index < -0.39 is 17.4 Å². The number of carbonyl (C=O) groups is 1. The summed E-state index contributed by atoms with van der Waals surface area (Å²) in [7, 11) is 0. The lowest BCUT2D eigenvalue weighted by Crippen LogP contribution is -2.55. The second-order valence-corrected chi connectivity index (χ2v) is 5.94. The first-order valence-corrected chi connectivity index (χ1v) is 6.23. The highest BCUT2D eigenvalue weighted by Crippen LogP contribution is 2.35. The number of hydrogen-bond donors (Lipinski definition) is 2. The maximum atomic E-state index is 11.8. The third-order valence-corrected chi connectivity index (χ3v) is 3.14. The molecule has 2 aliphatic heterocycles. The van der Waals surface area contributed by atoms with E-state index in [1.165, 1.54) is 0 Å². The first kappa shape index (κ1) is 12.6. The second kappa shape index (κ2) is 4.14. The Morgan fingerprint density at radius 1 is 1.53 bits per heavy atom. The molecule has 0 aromatic carbocycles. The van der Waals surface area contributed by atoms with Crippen LogP contribution in [0, 0.1) is 0 Å². The van der Waals surface area contributed by atoms with Gasteiger partial charge in [-0.15, -0.1) is 0 Å². The van der Waals surface area contributed by atoms with Gasteiger partial charge in [-0.25, -0.2) is 4.79 Å². The van der Waals surface area contributed by atoms with Crippen molar-refractivity contribution in [1.29, 1.82) is 0 Å². The van der Waals surface area contributed by atoms with E-state index in [9.17, 15) is 4.79 Å². The Kier molecular flexibility index (Phi) is 3.08. The van der Waals surface area contributed by atoms with E-state index in [1.807, 2.05) is 27.7 Å². The molecule has 1 amide bonds. The molecular weight excluding hydrogens is 220 g/mol. The van der Waals surface area contributed by atoms with Gasteiger partial charge in [-0.2, -0.15) is 0 Å². The summed E-state index contributed by atoms with van der Waals surface area (Å²) in [5.41, 5.74) is -1.05. The van der Waals surface area contributed by atoms with Crippen molar-refractivity contribution in [1.82, 2.24) is 10.6 Å². The van der Waals surface area contributed by atoms with Crippen molar-refractivity contribution in [2.75, 3.05) is 6.54 Å². The van der Waals surface area contributed by atoms with Crippen LogP contribution in [-0.2, 0) is 9.47 Å². The molecule has 5 nitrogen and oxygen atoms in total. The van der Waals surface area contributed by atoms with Crippen molar-refractivity contribution in [3.63, 3.8) is 0 Å². The van der Waals surface area contributed by atoms with E-state index in [0.717, 1.165) is 19.4 Å². The van der Waals surface area contributed by atoms with Gasteiger partial charge in [0.1, 0.15) is 5.60 Å². The molecule has 2 aliphatic rings. The topological polar surface area (TPSA) is 59.6 Å². The lowest BCUT2D eigenvalue weighted by Gasteiger charge is -2.31. The number of carbonyl (C=O) groups excluding carboxylic acids is 1. The molecule has 0 aromatic heterocycles. The van der Waals surface area contributed by atoms with Crippen molar-refractivity contribution in [3.8, 4) is 0 Å². The molecule has 2 heterocycles. The number of nitrogens with one attached hydrogen (secondary N) is 2. The molecule has 5 heteroatoms. The maximum Gasteiger partial charge on any atom is 0.409 e. The molecule has 3 unspecified atom stereocenters. The van der Waals surface area contributed by atoms with Gasteiger partial charge >= 0.3 is 6.09 Å². The second-order valence-electron chi connectivity index (χ2n) is 5.94. The zero-order chi connectivity index (χ0) is 12.7. The summed E-state index contributed by atoms with van der Waals surface area (Å²) in [5.74, 6) is 0. The molecule has 0 radical (unpaired) electrons. The van der Waals surface area contributed by atoms with Crippen LogP contribution in [0.15, 0.2) is 0 Å². The maximum absolute atomic E-state index is 11.8. The number of ether oxygens (including phenoxy) is 2. The largest absolute Gasteiger partial charge is 0.444 e. The summed E-state index contributed by atoms with van der Waals surface area (Å²) >= 11 is 0. The van der Waals surface area contributed by atoms with E-state index in [1.54, 1.807) is 0 Å². The molecule has 0 saturated carbocycles. The van der Waals surface area contributed by atoms with E-state index >= 15 is 0 Å². The first-order chi connectivity index (χ1) is 7.81. The molecule has 2 N–H and O–H groups in total. The molecule has 2 fully saturated rings. The van der Waals surface area contributed by atoms with Crippen molar-refractivity contribution in [3.05, 3.63) is 0 Å². The molecule has 2 rings (SSSR count). The molecule has 0 aliphatic carbocycles. The average Bonchev–Trinajstić information content (AvgIpc) is 2.54. The van der Waals surface area contributed by atoms with Crippen LogP contribution in [-0.4, -0.2) is 36.1 Å². The van der Waals surface area contributed by atoms with Crippen LogP contribution in [0.2, 0.25) is 0 Å². The Balaban J connectivity index is 1.99. The Morgan fingerprint density at radius 2 is 2.24 bits per heavy atom.